The van der Waals surface area contributed by atoms with Gasteiger partial charge in [-0.1, -0.05) is 13.8 Å². The van der Waals surface area contributed by atoms with E-state index in [9.17, 15) is 9.90 Å². The predicted molar refractivity (Wildman–Crippen MR) is 67.2 cm³/mol. The minimum Gasteiger partial charge on any atom is -0.391 e. The second kappa shape index (κ2) is 5.14. The molecule has 0 aromatic carbocycles. The fourth-order valence-electron chi connectivity index (χ4n) is 2.07. The van der Waals surface area contributed by atoms with Crippen LogP contribution in [0.2, 0.25) is 0 Å². The molecule has 2 heterocycles. The molecule has 2 atom stereocenters. The average molecular weight is 254 g/mol. The summed E-state index contributed by atoms with van der Waals surface area (Å²) in [5, 5.41) is 9.81. The molecular weight excluding hydrogens is 236 g/mol. The van der Waals surface area contributed by atoms with E-state index in [1.807, 2.05) is 13.8 Å². The maximum Gasteiger partial charge on any atom is 0.265 e. The quantitative estimate of drug-likeness (QED) is 0.871. The van der Waals surface area contributed by atoms with E-state index in [0.29, 0.717) is 6.54 Å². The average Bonchev–Trinajstić information content (AvgIpc) is 2.80. The Morgan fingerprint density at radius 3 is 3.12 bits per heavy atom. The third kappa shape index (κ3) is 2.50. The lowest BCUT2D eigenvalue weighted by Gasteiger charge is -2.34. The Morgan fingerprint density at radius 1 is 1.71 bits per heavy atom. The van der Waals surface area contributed by atoms with Gasteiger partial charge in [-0.05, 0) is 18.8 Å². The summed E-state index contributed by atoms with van der Waals surface area (Å²) in [6.45, 7) is 5.20. The van der Waals surface area contributed by atoms with Crippen molar-refractivity contribution in [2.24, 2.45) is 5.92 Å². The molecule has 2 rings (SSSR count). The number of hydrogen-bond donors (Lipinski definition) is 1. The van der Waals surface area contributed by atoms with Crippen molar-refractivity contribution >= 4 is 17.2 Å². The zero-order valence-electron chi connectivity index (χ0n) is 10.2. The van der Waals surface area contributed by atoms with Crippen LogP contribution in [0.4, 0.5) is 0 Å². The number of nitrogens with zero attached hydrogens (tertiary/aromatic N) is 2. The highest BCUT2D eigenvalue weighted by molar-refractivity contribution is 7.11. The highest BCUT2D eigenvalue weighted by Crippen LogP contribution is 2.22. The predicted octanol–water partition coefficient (Wildman–Crippen LogP) is 1.55. The molecule has 1 N–H and O–H groups in total. The van der Waals surface area contributed by atoms with Crippen LogP contribution in [-0.2, 0) is 6.42 Å². The Hall–Kier alpha value is -0.940. The molecule has 1 aromatic rings. The van der Waals surface area contributed by atoms with Crippen LogP contribution in [0, 0.1) is 5.92 Å². The summed E-state index contributed by atoms with van der Waals surface area (Å²) < 4.78 is 0. The number of piperidine rings is 1. The van der Waals surface area contributed by atoms with Crippen LogP contribution in [-0.4, -0.2) is 40.1 Å². The first-order valence-electron chi connectivity index (χ1n) is 6.03. The van der Waals surface area contributed by atoms with Crippen LogP contribution in [0.15, 0.2) is 5.51 Å². The van der Waals surface area contributed by atoms with Crippen molar-refractivity contribution < 1.29 is 9.90 Å². The molecular formula is C12H18N2O2S. The summed E-state index contributed by atoms with van der Waals surface area (Å²) in [6.07, 6.45) is 1.25. The lowest BCUT2D eigenvalue weighted by Crippen LogP contribution is -2.45. The number of carbonyl (C=O) groups excluding carboxylic acids is 1. The number of likely N-dealkylation sites (tertiary alicyclic amines) is 1. The second-order valence-electron chi connectivity index (χ2n) is 4.57. The lowest BCUT2D eigenvalue weighted by atomic mass is 9.96. The molecule has 1 fully saturated rings. The van der Waals surface area contributed by atoms with Gasteiger partial charge < -0.3 is 10.0 Å². The van der Waals surface area contributed by atoms with Crippen LogP contribution in [0.1, 0.15) is 35.6 Å². The van der Waals surface area contributed by atoms with Gasteiger partial charge in [0.2, 0.25) is 0 Å². The van der Waals surface area contributed by atoms with Gasteiger partial charge in [0.15, 0.2) is 0 Å². The number of aliphatic hydroxyl groups excluding tert-OH is 1. The summed E-state index contributed by atoms with van der Waals surface area (Å²) in [5.74, 6) is 0.307. The Bertz CT molecular complexity index is 405. The number of thiazole rings is 1. The molecule has 0 aliphatic carbocycles. The van der Waals surface area contributed by atoms with Gasteiger partial charge in [0.1, 0.15) is 4.88 Å². The molecule has 1 aromatic heterocycles. The number of amides is 1. The second-order valence-corrected chi connectivity index (χ2v) is 5.42. The molecule has 1 aliphatic heterocycles. The van der Waals surface area contributed by atoms with Gasteiger partial charge in [-0.2, -0.15) is 0 Å². The van der Waals surface area contributed by atoms with Crippen molar-refractivity contribution in [1.82, 2.24) is 9.88 Å². The molecule has 17 heavy (non-hydrogen) atoms. The van der Waals surface area contributed by atoms with E-state index < -0.39 is 6.10 Å². The van der Waals surface area contributed by atoms with E-state index in [4.69, 9.17) is 0 Å². The molecule has 1 aliphatic rings. The number of aliphatic hydroxyl groups is 1. The monoisotopic (exact) mass is 254 g/mol. The molecule has 0 bridgehead atoms. The fourth-order valence-corrected chi connectivity index (χ4v) is 2.92. The van der Waals surface area contributed by atoms with Gasteiger partial charge in [0, 0.05) is 13.1 Å². The van der Waals surface area contributed by atoms with Crippen LogP contribution < -0.4 is 0 Å². The van der Waals surface area contributed by atoms with E-state index in [0.717, 1.165) is 30.0 Å². The van der Waals surface area contributed by atoms with Crippen LogP contribution in [0.25, 0.3) is 0 Å². The van der Waals surface area contributed by atoms with Crippen molar-refractivity contribution in [3.05, 3.63) is 16.1 Å². The normalized spacial score (nSPS) is 25.0. The van der Waals surface area contributed by atoms with E-state index in [1.54, 1.807) is 10.4 Å². The van der Waals surface area contributed by atoms with E-state index in [-0.39, 0.29) is 11.8 Å². The molecule has 1 amide bonds. The third-order valence-electron chi connectivity index (χ3n) is 3.38. The molecule has 94 valence electrons. The highest BCUT2D eigenvalue weighted by Gasteiger charge is 2.29. The van der Waals surface area contributed by atoms with Gasteiger partial charge in [-0.15, -0.1) is 11.3 Å². The number of β-amino-alcohol motifs (C(OH)–C–C–N with tert-alkyl or cyclic N) is 1. The van der Waals surface area contributed by atoms with Gasteiger partial charge >= 0.3 is 0 Å². The summed E-state index contributed by atoms with van der Waals surface area (Å²) in [7, 11) is 0. The van der Waals surface area contributed by atoms with Crippen LogP contribution in [0.5, 0.6) is 0 Å². The summed E-state index contributed by atoms with van der Waals surface area (Å²) >= 11 is 1.39. The SMILES string of the molecule is CCc1ncsc1C(=O)N1CCC(C)C(O)C1. The highest BCUT2D eigenvalue weighted by atomic mass is 32.1. The number of carbonyl (C=O) groups is 1. The molecule has 5 heteroatoms. The van der Waals surface area contributed by atoms with E-state index in [1.165, 1.54) is 11.3 Å². The minimum atomic E-state index is -0.398. The van der Waals surface area contributed by atoms with Crippen molar-refractivity contribution in [2.75, 3.05) is 13.1 Å². The minimum absolute atomic E-state index is 0.0234. The smallest absolute Gasteiger partial charge is 0.265 e. The Balaban J connectivity index is 2.10. The summed E-state index contributed by atoms with van der Waals surface area (Å²) in [5.41, 5.74) is 2.59. The van der Waals surface area contributed by atoms with E-state index in [2.05, 4.69) is 4.98 Å². The van der Waals surface area contributed by atoms with E-state index >= 15 is 0 Å². The molecule has 0 radical (unpaired) electrons. The van der Waals surface area contributed by atoms with Gasteiger partial charge in [0.05, 0.1) is 17.3 Å². The number of hydrogen-bond acceptors (Lipinski definition) is 4. The van der Waals surface area contributed by atoms with Crippen molar-refractivity contribution in [3.8, 4) is 0 Å². The van der Waals surface area contributed by atoms with Gasteiger partial charge in [0.25, 0.3) is 5.91 Å². The molecule has 4 nitrogen and oxygen atoms in total. The number of aryl methyl sites for hydroxylation is 1. The molecule has 2 unspecified atom stereocenters. The fraction of sp³-hybridized carbons (Fsp3) is 0.667. The van der Waals surface area contributed by atoms with Crippen LogP contribution >= 0.6 is 11.3 Å². The first kappa shape index (κ1) is 12.5. The standard InChI is InChI=1S/C12H18N2O2S/c1-3-9-11(17-7-13-9)12(16)14-5-4-8(2)10(15)6-14/h7-8,10,15H,3-6H2,1-2H3. The first-order valence-corrected chi connectivity index (χ1v) is 6.91. The third-order valence-corrected chi connectivity index (χ3v) is 4.23. The number of rotatable bonds is 2. The largest absolute Gasteiger partial charge is 0.391 e. The molecule has 0 spiro atoms. The number of aromatic nitrogens is 1. The topological polar surface area (TPSA) is 53.4 Å². The first-order chi connectivity index (χ1) is 8.13. The van der Waals surface area contributed by atoms with Crippen molar-refractivity contribution in [3.63, 3.8) is 0 Å². The maximum atomic E-state index is 12.3. The molecule has 0 saturated carbocycles. The van der Waals surface area contributed by atoms with Crippen molar-refractivity contribution in [1.29, 1.82) is 0 Å². The summed E-state index contributed by atoms with van der Waals surface area (Å²) in [4.78, 5) is 18.9. The Morgan fingerprint density at radius 2 is 2.47 bits per heavy atom. The lowest BCUT2D eigenvalue weighted by molar-refractivity contribution is 0.0251. The Labute approximate surface area is 105 Å². The summed E-state index contributed by atoms with van der Waals surface area (Å²) in [6, 6.07) is 0. The Kier molecular flexibility index (Phi) is 3.79. The molecule has 1 saturated heterocycles. The maximum absolute atomic E-state index is 12.3. The van der Waals surface area contributed by atoms with Crippen LogP contribution in [0.3, 0.4) is 0 Å². The zero-order chi connectivity index (χ0) is 12.4. The zero-order valence-corrected chi connectivity index (χ0v) is 11.0. The van der Waals surface area contributed by atoms with Gasteiger partial charge in [-0.3, -0.25) is 4.79 Å². The van der Waals surface area contributed by atoms with Gasteiger partial charge in [-0.25, -0.2) is 4.98 Å². The van der Waals surface area contributed by atoms with Crippen molar-refractivity contribution in [2.45, 2.75) is 32.8 Å².